The summed E-state index contributed by atoms with van der Waals surface area (Å²) in [6, 6.07) is 9.20. The normalized spacial score (nSPS) is 12.1. The molecule has 0 spiro atoms. The number of carbonyl (C=O) groups is 1. The van der Waals surface area contributed by atoms with E-state index in [1.165, 1.54) is 0 Å². The van der Waals surface area contributed by atoms with Crippen molar-refractivity contribution in [2.75, 3.05) is 33.5 Å². The van der Waals surface area contributed by atoms with Crippen molar-refractivity contribution >= 4 is 5.91 Å². The Morgan fingerprint density at radius 2 is 2.00 bits per heavy atom. The van der Waals surface area contributed by atoms with Crippen LogP contribution in [0.4, 0.5) is 0 Å². The van der Waals surface area contributed by atoms with Crippen molar-refractivity contribution < 1.29 is 14.3 Å². The first-order valence-electron chi connectivity index (χ1n) is 6.38. The molecule has 0 fully saturated rings. The Labute approximate surface area is 114 Å². The minimum Gasteiger partial charge on any atom is -0.382 e. The number of hydrogen-bond donors (Lipinski definition) is 2. The number of nitrogens with one attached hydrogen (secondary N) is 1. The van der Waals surface area contributed by atoms with Crippen molar-refractivity contribution in [3.8, 4) is 0 Å². The monoisotopic (exact) mass is 266 g/mol. The molecule has 0 saturated carbocycles. The minimum absolute atomic E-state index is 0.154. The van der Waals surface area contributed by atoms with E-state index in [0.717, 1.165) is 5.56 Å². The van der Waals surface area contributed by atoms with Gasteiger partial charge in [0.2, 0.25) is 5.91 Å². The molecule has 1 aromatic rings. The zero-order valence-electron chi connectivity index (χ0n) is 11.3. The highest BCUT2D eigenvalue weighted by Gasteiger charge is 2.12. The summed E-state index contributed by atoms with van der Waals surface area (Å²) in [5, 5.41) is 2.75. The van der Waals surface area contributed by atoms with Crippen LogP contribution in [0.3, 0.4) is 0 Å². The smallest absolute Gasteiger partial charge is 0.237 e. The van der Waals surface area contributed by atoms with Gasteiger partial charge in [0.1, 0.15) is 0 Å². The molecule has 0 heterocycles. The van der Waals surface area contributed by atoms with Gasteiger partial charge in [-0.15, -0.1) is 0 Å². The lowest BCUT2D eigenvalue weighted by Gasteiger charge is -2.12. The van der Waals surface area contributed by atoms with Crippen molar-refractivity contribution in [1.82, 2.24) is 5.32 Å². The van der Waals surface area contributed by atoms with Crippen molar-refractivity contribution in [3.63, 3.8) is 0 Å². The highest BCUT2D eigenvalue weighted by Crippen LogP contribution is 2.01. The van der Waals surface area contributed by atoms with Crippen LogP contribution in [0.1, 0.15) is 5.56 Å². The Kier molecular flexibility index (Phi) is 7.81. The molecule has 0 aromatic heterocycles. The van der Waals surface area contributed by atoms with Gasteiger partial charge in [-0.25, -0.2) is 0 Å². The molecule has 106 valence electrons. The van der Waals surface area contributed by atoms with Crippen LogP contribution in [0, 0.1) is 0 Å². The SMILES string of the molecule is COCCOCCNC(=O)[C@@H](N)Cc1ccccc1. The lowest BCUT2D eigenvalue weighted by atomic mass is 10.1. The van der Waals surface area contributed by atoms with Crippen molar-refractivity contribution in [3.05, 3.63) is 35.9 Å². The van der Waals surface area contributed by atoms with Crippen molar-refractivity contribution in [2.24, 2.45) is 5.73 Å². The summed E-state index contributed by atoms with van der Waals surface area (Å²) in [4.78, 5) is 11.7. The molecular weight excluding hydrogens is 244 g/mol. The van der Waals surface area contributed by atoms with Gasteiger partial charge in [-0.2, -0.15) is 0 Å². The Hall–Kier alpha value is -1.43. The Bertz CT molecular complexity index is 357. The minimum atomic E-state index is -0.527. The molecule has 1 amide bonds. The number of carbonyl (C=O) groups excluding carboxylic acids is 1. The molecule has 0 bridgehead atoms. The first-order chi connectivity index (χ1) is 9.24. The van der Waals surface area contributed by atoms with Gasteiger partial charge in [0.05, 0.1) is 25.9 Å². The maximum atomic E-state index is 11.7. The fraction of sp³-hybridized carbons (Fsp3) is 0.500. The van der Waals surface area contributed by atoms with Crippen molar-refractivity contribution in [1.29, 1.82) is 0 Å². The van der Waals surface area contributed by atoms with E-state index in [4.69, 9.17) is 15.2 Å². The van der Waals surface area contributed by atoms with E-state index in [9.17, 15) is 4.79 Å². The second kappa shape index (κ2) is 9.49. The van der Waals surface area contributed by atoms with E-state index in [2.05, 4.69) is 5.32 Å². The number of benzene rings is 1. The Morgan fingerprint density at radius 1 is 1.26 bits per heavy atom. The Balaban J connectivity index is 2.15. The van der Waals surface area contributed by atoms with E-state index in [-0.39, 0.29) is 5.91 Å². The number of methoxy groups -OCH3 is 1. The van der Waals surface area contributed by atoms with Crippen LogP contribution in [0.15, 0.2) is 30.3 Å². The van der Waals surface area contributed by atoms with Gasteiger partial charge in [-0.1, -0.05) is 30.3 Å². The molecular formula is C14H22N2O3. The number of amides is 1. The maximum absolute atomic E-state index is 11.7. The standard InChI is InChI=1S/C14H22N2O3/c1-18-9-10-19-8-7-16-14(17)13(15)11-12-5-3-2-4-6-12/h2-6,13H,7-11,15H2,1H3,(H,16,17)/t13-/m0/s1. The van der Waals surface area contributed by atoms with E-state index < -0.39 is 6.04 Å². The topological polar surface area (TPSA) is 73.6 Å². The predicted octanol–water partition coefficient (Wildman–Crippen LogP) is 0.336. The van der Waals surface area contributed by atoms with Crippen LogP contribution >= 0.6 is 0 Å². The van der Waals surface area contributed by atoms with Crippen LogP contribution in [0.25, 0.3) is 0 Å². The fourth-order valence-electron chi connectivity index (χ4n) is 1.58. The number of hydrogen-bond acceptors (Lipinski definition) is 4. The number of nitrogens with two attached hydrogens (primary N) is 1. The van der Waals surface area contributed by atoms with Gasteiger partial charge < -0.3 is 20.5 Å². The van der Waals surface area contributed by atoms with Gasteiger partial charge in [0, 0.05) is 13.7 Å². The van der Waals surface area contributed by atoms with Gasteiger partial charge in [0.15, 0.2) is 0 Å². The average molecular weight is 266 g/mol. The lowest BCUT2D eigenvalue weighted by molar-refractivity contribution is -0.122. The van der Waals surface area contributed by atoms with Crippen LogP contribution in [-0.4, -0.2) is 45.4 Å². The summed E-state index contributed by atoms with van der Waals surface area (Å²) in [5.74, 6) is -0.154. The summed E-state index contributed by atoms with van der Waals surface area (Å²) in [5.41, 5.74) is 6.90. The molecule has 0 aliphatic heterocycles. The van der Waals surface area contributed by atoms with E-state index in [1.807, 2.05) is 30.3 Å². The van der Waals surface area contributed by atoms with Crippen molar-refractivity contribution in [2.45, 2.75) is 12.5 Å². The van der Waals surface area contributed by atoms with Crippen LogP contribution < -0.4 is 11.1 Å². The molecule has 5 heteroatoms. The molecule has 0 saturated heterocycles. The first-order valence-corrected chi connectivity index (χ1v) is 6.38. The van der Waals surface area contributed by atoms with E-state index in [1.54, 1.807) is 7.11 Å². The first kappa shape index (κ1) is 15.6. The fourth-order valence-corrected chi connectivity index (χ4v) is 1.58. The number of ether oxygens (including phenoxy) is 2. The third-order valence-corrected chi connectivity index (χ3v) is 2.61. The van der Waals surface area contributed by atoms with Gasteiger partial charge in [-0.3, -0.25) is 4.79 Å². The summed E-state index contributed by atoms with van der Waals surface area (Å²) in [7, 11) is 1.62. The predicted molar refractivity (Wildman–Crippen MR) is 73.8 cm³/mol. The molecule has 1 aromatic carbocycles. The number of rotatable bonds is 9. The van der Waals surface area contributed by atoms with E-state index in [0.29, 0.717) is 32.8 Å². The molecule has 0 radical (unpaired) electrons. The molecule has 0 unspecified atom stereocenters. The highest BCUT2D eigenvalue weighted by molar-refractivity contribution is 5.81. The van der Waals surface area contributed by atoms with E-state index >= 15 is 0 Å². The zero-order chi connectivity index (χ0) is 13.9. The van der Waals surface area contributed by atoms with Crippen LogP contribution in [0.5, 0.6) is 0 Å². The summed E-state index contributed by atoms with van der Waals surface area (Å²) >= 11 is 0. The maximum Gasteiger partial charge on any atom is 0.237 e. The second-order valence-corrected chi connectivity index (χ2v) is 4.19. The molecule has 1 rings (SSSR count). The van der Waals surface area contributed by atoms with Gasteiger partial charge >= 0.3 is 0 Å². The average Bonchev–Trinajstić information content (AvgIpc) is 2.43. The molecule has 0 aliphatic carbocycles. The summed E-state index contributed by atoms with van der Waals surface area (Å²) in [6.45, 7) is 2.02. The second-order valence-electron chi connectivity index (χ2n) is 4.19. The van der Waals surface area contributed by atoms with Crippen LogP contribution in [0.2, 0.25) is 0 Å². The molecule has 0 aliphatic rings. The molecule has 1 atom stereocenters. The highest BCUT2D eigenvalue weighted by atomic mass is 16.5. The third-order valence-electron chi connectivity index (χ3n) is 2.61. The zero-order valence-corrected chi connectivity index (χ0v) is 11.3. The van der Waals surface area contributed by atoms with Gasteiger partial charge in [0.25, 0.3) is 0 Å². The van der Waals surface area contributed by atoms with Gasteiger partial charge in [-0.05, 0) is 12.0 Å². The largest absolute Gasteiger partial charge is 0.382 e. The lowest BCUT2D eigenvalue weighted by Crippen LogP contribution is -2.43. The Morgan fingerprint density at radius 3 is 2.68 bits per heavy atom. The molecule has 5 nitrogen and oxygen atoms in total. The summed E-state index contributed by atoms with van der Waals surface area (Å²) < 4.78 is 10.1. The quantitative estimate of drug-likeness (QED) is 0.632. The molecule has 19 heavy (non-hydrogen) atoms. The third kappa shape index (κ3) is 6.91. The summed E-state index contributed by atoms with van der Waals surface area (Å²) in [6.07, 6.45) is 0.539. The van der Waals surface area contributed by atoms with Crippen LogP contribution in [-0.2, 0) is 20.7 Å². The molecule has 3 N–H and O–H groups in total.